The van der Waals surface area contributed by atoms with Gasteiger partial charge in [0.1, 0.15) is 5.82 Å². The minimum Gasteiger partial charge on any atom is -0.324 e. The molecule has 26 heavy (non-hydrogen) atoms. The van der Waals surface area contributed by atoms with Crippen molar-refractivity contribution in [3.8, 4) is 6.07 Å². The van der Waals surface area contributed by atoms with Gasteiger partial charge >= 0.3 is 0 Å². The Morgan fingerprint density at radius 2 is 2.15 bits per heavy atom. The van der Waals surface area contributed by atoms with Crippen LogP contribution in [0, 0.1) is 11.3 Å². The average molecular weight is 402 g/mol. The number of carbonyl (C=O) groups excluding carboxylic acids is 1. The topological polar surface area (TPSA) is 94.5 Å². The lowest BCUT2D eigenvalue weighted by Crippen LogP contribution is -2.14. The van der Waals surface area contributed by atoms with Gasteiger partial charge in [0.25, 0.3) is 0 Å². The van der Waals surface area contributed by atoms with Gasteiger partial charge in [0, 0.05) is 16.2 Å². The summed E-state index contributed by atoms with van der Waals surface area (Å²) in [6, 6.07) is 13.6. The Morgan fingerprint density at radius 3 is 2.96 bits per heavy atom. The van der Waals surface area contributed by atoms with Crippen LogP contribution < -0.4 is 5.32 Å². The van der Waals surface area contributed by atoms with E-state index in [-0.39, 0.29) is 11.7 Å². The summed E-state index contributed by atoms with van der Waals surface area (Å²) >= 11 is 4.35. The maximum atomic E-state index is 12.2. The van der Waals surface area contributed by atoms with Crippen LogP contribution >= 0.6 is 34.9 Å². The van der Waals surface area contributed by atoms with Gasteiger partial charge in [-0.15, -0.1) is 28.2 Å². The average Bonchev–Trinajstić information content (AvgIpc) is 3.32. The normalized spacial score (nSPS) is 10.4. The summed E-state index contributed by atoms with van der Waals surface area (Å²) in [4.78, 5) is 18.7. The summed E-state index contributed by atoms with van der Waals surface area (Å²) in [5.41, 5.74) is 0.715. The number of anilines is 1. The molecule has 1 amide bonds. The van der Waals surface area contributed by atoms with E-state index in [1.54, 1.807) is 11.3 Å². The number of benzene rings is 1. The van der Waals surface area contributed by atoms with E-state index in [2.05, 4.69) is 32.6 Å². The molecule has 2 N–H and O–H groups in total. The highest BCUT2D eigenvalue weighted by molar-refractivity contribution is 8.00. The molecular formula is C17H15N5OS3. The highest BCUT2D eigenvalue weighted by atomic mass is 32.2. The number of H-pyrrole nitrogens is 1. The second-order valence-electron chi connectivity index (χ2n) is 5.10. The molecule has 2 heterocycles. The van der Waals surface area contributed by atoms with E-state index in [1.807, 2.05) is 35.7 Å². The number of hydrogen-bond acceptors (Lipinski definition) is 7. The lowest BCUT2D eigenvalue weighted by atomic mass is 10.3. The van der Waals surface area contributed by atoms with E-state index < -0.39 is 0 Å². The molecule has 0 bridgehead atoms. The summed E-state index contributed by atoms with van der Waals surface area (Å²) in [6.07, 6.45) is 0.709. The summed E-state index contributed by atoms with van der Waals surface area (Å²) in [7, 11) is 0. The molecule has 0 aliphatic rings. The van der Waals surface area contributed by atoms with Crippen LogP contribution in [0.5, 0.6) is 0 Å². The van der Waals surface area contributed by atoms with Crippen molar-refractivity contribution in [1.29, 1.82) is 5.26 Å². The zero-order valence-electron chi connectivity index (χ0n) is 13.6. The fourth-order valence-corrected chi connectivity index (χ4v) is 4.12. The molecule has 2 aromatic heterocycles. The summed E-state index contributed by atoms with van der Waals surface area (Å²) in [5, 5.41) is 21.2. The van der Waals surface area contributed by atoms with Gasteiger partial charge < -0.3 is 5.32 Å². The lowest BCUT2D eigenvalue weighted by Gasteiger charge is -2.08. The molecule has 3 rings (SSSR count). The van der Waals surface area contributed by atoms with Gasteiger partial charge in [-0.05, 0) is 23.6 Å². The number of aromatic amines is 1. The molecular weight excluding hydrogens is 386 g/mol. The van der Waals surface area contributed by atoms with Crippen LogP contribution in [0.4, 0.5) is 5.69 Å². The molecule has 0 unspecified atom stereocenters. The smallest absolute Gasteiger partial charge is 0.234 e. The number of nitrogens with one attached hydrogen (secondary N) is 2. The monoisotopic (exact) mass is 401 g/mol. The first-order chi connectivity index (χ1) is 12.7. The Kier molecular flexibility index (Phi) is 6.71. The Balaban J connectivity index is 1.52. The number of aromatic nitrogens is 3. The van der Waals surface area contributed by atoms with E-state index >= 15 is 0 Å². The van der Waals surface area contributed by atoms with Crippen LogP contribution in [-0.4, -0.2) is 32.6 Å². The molecule has 9 heteroatoms. The molecule has 0 fully saturated rings. The van der Waals surface area contributed by atoms with Crippen molar-refractivity contribution < 1.29 is 4.79 Å². The van der Waals surface area contributed by atoms with Gasteiger partial charge in [-0.2, -0.15) is 5.26 Å². The fourth-order valence-electron chi connectivity index (χ4n) is 2.12. The predicted molar refractivity (Wildman–Crippen MR) is 106 cm³/mol. The lowest BCUT2D eigenvalue weighted by molar-refractivity contribution is -0.113. The number of thiophene rings is 1. The van der Waals surface area contributed by atoms with E-state index in [0.29, 0.717) is 23.0 Å². The summed E-state index contributed by atoms with van der Waals surface area (Å²) < 4.78 is 0. The third kappa shape index (κ3) is 5.36. The van der Waals surface area contributed by atoms with E-state index in [0.717, 1.165) is 10.7 Å². The van der Waals surface area contributed by atoms with Gasteiger partial charge in [0.2, 0.25) is 11.1 Å². The highest BCUT2D eigenvalue weighted by Crippen LogP contribution is 2.27. The van der Waals surface area contributed by atoms with Crippen molar-refractivity contribution >= 4 is 46.5 Å². The maximum absolute atomic E-state index is 12.2. The maximum Gasteiger partial charge on any atom is 0.234 e. The van der Waals surface area contributed by atoms with Gasteiger partial charge in [-0.25, -0.2) is 4.98 Å². The van der Waals surface area contributed by atoms with Crippen molar-refractivity contribution in [2.75, 3.05) is 16.8 Å². The molecule has 0 atom stereocenters. The van der Waals surface area contributed by atoms with Crippen molar-refractivity contribution in [1.82, 2.24) is 15.2 Å². The zero-order chi connectivity index (χ0) is 18.2. The standard InChI is InChI=1S/C17H15N5OS3/c18-7-9-25-14-6-2-1-5-13(14)19-16(23)11-26-17-20-15(21-22-17)10-12-4-3-8-24-12/h1-6,8H,9-11H2,(H,19,23)(H,20,21,22). The molecule has 0 aliphatic heterocycles. The van der Waals surface area contributed by atoms with Crippen LogP contribution in [0.15, 0.2) is 51.8 Å². The third-order valence-corrected chi connectivity index (χ3v) is 5.88. The minimum absolute atomic E-state index is 0.135. The molecule has 3 aromatic rings. The van der Waals surface area contributed by atoms with Crippen LogP contribution in [0.3, 0.4) is 0 Å². The highest BCUT2D eigenvalue weighted by Gasteiger charge is 2.10. The van der Waals surface area contributed by atoms with Gasteiger partial charge in [-0.3, -0.25) is 9.89 Å². The predicted octanol–water partition coefficient (Wildman–Crippen LogP) is 3.80. The number of carbonyl (C=O) groups is 1. The first kappa shape index (κ1) is 18.5. The fraction of sp³-hybridized carbons (Fsp3) is 0.176. The number of thioether (sulfide) groups is 2. The Morgan fingerprint density at radius 1 is 1.27 bits per heavy atom. The second-order valence-corrected chi connectivity index (χ2v) is 8.09. The Labute approximate surface area is 163 Å². The number of nitriles is 1. The molecule has 0 spiro atoms. The van der Waals surface area contributed by atoms with Crippen molar-refractivity contribution in [2.45, 2.75) is 16.5 Å². The van der Waals surface area contributed by atoms with Crippen LogP contribution in [0.25, 0.3) is 0 Å². The number of nitrogens with zero attached hydrogens (tertiary/aromatic N) is 3. The minimum atomic E-state index is -0.135. The van der Waals surface area contributed by atoms with Gasteiger partial charge in [0.15, 0.2) is 0 Å². The van der Waals surface area contributed by atoms with Crippen molar-refractivity contribution in [3.05, 3.63) is 52.5 Å². The van der Waals surface area contributed by atoms with Crippen LogP contribution in [0.1, 0.15) is 10.7 Å². The van der Waals surface area contributed by atoms with E-state index in [4.69, 9.17) is 5.26 Å². The summed E-state index contributed by atoms with van der Waals surface area (Å²) in [5.74, 6) is 1.21. The first-order valence-corrected chi connectivity index (χ1v) is 10.5. The molecule has 0 radical (unpaired) electrons. The first-order valence-electron chi connectivity index (χ1n) is 7.69. The number of amides is 1. The molecule has 1 aromatic carbocycles. The van der Waals surface area contributed by atoms with E-state index in [9.17, 15) is 4.79 Å². The van der Waals surface area contributed by atoms with Crippen molar-refractivity contribution in [2.24, 2.45) is 0 Å². The number of hydrogen-bond donors (Lipinski definition) is 2. The van der Waals surface area contributed by atoms with Gasteiger partial charge in [-0.1, -0.05) is 30.0 Å². The van der Waals surface area contributed by atoms with E-state index in [1.165, 1.54) is 28.4 Å². The second kappa shape index (κ2) is 9.43. The zero-order valence-corrected chi connectivity index (χ0v) is 16.1. The van der Waals surface area contributed by atoms with Crippen molar-refractivity contribution in [3.63, 3.8) is 0 Å². The molecule has 132 valence electrons. The molecule has 6 nitrogen and oxygen atoms in total. The van der Waals surface area contributed by atoms with Crippen LogP contribution in [-0.2, 0) is 11.2 Å². The third-order valence-electron chi connectivity index (χ3n) is 3.22. The molecule has 0 aliphatic carbocycles. The Bertz CT molecular complexity index is 901. The largest absolute Gasteiger partial charge is 0.324 e. The van der Waals surface area contributed by atoms with Gasteiger partial charge in [0.05, 0.1) is 23.3 Å². The SMILES string of the molecule is N#CCSc1ccccc1NC(=O)CSc1n[nH]c(Cc2cccs2)n1. The number of rotatable bonds is 8. The molecule has 0 saturated carbocycles. The Hall–Kier alpha value is -2.28. The molecule has 0 saturated heterocycles. The van der Waals surface area contributed by atoms with Crippen LogP contribution in [0.2, 0.25) is 0 Å². The summed E-state index contributed by atoms with van der Waals surface area (Å²) in [6.45, 7) is 0. The number of para-hydroxylation sites is 1. The quantitative estimate of drug-likeness (QED) is 0.558.